The average molecular weight is 644 g/mol. The number of para-hydroxylation sites is 2. The standard InChI is InChI=1S/C46H29NOS/c1-2-11-32-28-33(21-20-30(32)10-1)31-22-24-34(25-23-31)47(35-26-27-44-41(29-35)37-13-4-7-18-43(37)48-44)42-17-6-3-12-36(42)39-15-9-16-40-38-14-5-8-19-45(38)49-46(39)40/h1-29H. The summed E-state index contributed by atoms with van der Waals surface area (Å²) in [5.41, 5.74) is 9.91. The van der Waals surface area contributed by atoms with Crippen LogP contribution in [0.25, 0.3) is 75.1 Å². The topological polar surface area (TPSA) is 16.4 Å². The van der Waals surface area contributed by atoms with Crippen molar-refractivity contribution < 1.29 is 4.42 Å². The Balaban J connectivity index is 1.18. The molecule has 0 aliphatic carbocycles. The Bertz CT molecular complexity index is 2840. The molecule has 2 heterocycles. The third kappa shape index (κ3) is 4.62. The zero-order chi connectivity index (χ0) is 32.3. The lowest BCUT2D eigenvalue weighted by Gasteiger charge is -2.28. The van der Waals surface area contributed by atoms with Crippen LogP contribution in [0, 0.1) is 0 Å². The molecule has 0 N–H and O–H groups in total. The van der Waals surface area contributed by atoms with Gasteiger partial charge in [0, 0.05) is 53.4 Å². The van der Waals surface area contributed by atoms with E-state index in [9.17, 15) is 0 Å². The van der Waals surface area contributed by atoms with Crippen LogP contribution in [0.3, 0.4) is 0 Å². The first kappa shape index (κ1) is 27.9. The van der Waals surface area contributed by atoms with Gasteiger partial charge in [-0.1, -0.05) is 121 Å². The molecule has 10 rings (SSSR count). The summed E-state index contributed by atoms with van der Waals surface area (Å²) >= 11 is 1.87. The third-order valence-electron chi connectivity index (χ3n) is 9.67. The molecule has 8 aromatic carbocycles. The molecule has 230 valence electrons. The second kappa shape index (κ2) is 11.2. The number of hydrogen-bond donors (Lipinski definition) is 0. The molecular weight excluding hydrogens is 615 g/mol. The minimum Gasteiger partial charge on any atom is -0.456 e. The molecule has 0 atom stereocenters. The van der Waals surface area contributed by atoms with Crippen molar-refractivity contribution in [2.45, 2.75) is 0 Å². The second-order valence-electron chi connectivity index (χ2n) is 12.5. The van der Waals surface area contributed by atoms with Gasteiger partial charge >= 0.3 is 0 Å². The van der Waals surface area contributed by atoms with Crippen LogP contribution >= 0.6 is 11.3 Å². The lowest BCUT2D eigenvalue weighted by atomic mass is 9.98. The van der Waals surface area contributed by atoms with Crippen molar-refractivity contribution >= 4 is 81.3 Å². The Morgan fingerprint density at radius 2 is 1.08 bits per heavy atom. The highest BCUT2D eigenvalue weighted by molar-refractivity contribution is 7.26. The van der Waals surface area contributed by atoms with E-state index in [0.29, 0.717) is 0 Å². The fourth-order valence-electron chi connectivity index (χ4n) is 7.31. The van der Waals surface area contributed by atoms with E-state index in [1.165, 1.54) is 53.2 Å². The molecule has 2 aromatic heterocycles. The summed E-state index contributed by atoms with van der Waals surface area (Å²) in [5, 5.41) is 7.33. The lowest BCUT2D eigenvalue weighted by Crippen LogP contribution is -2.11. The molecule has 0 saturated carbocycles. The Morgan fingerprint density at radius 3 is 2.00 bits per heavy atom. The van der Waals surface area contributed by atoms with Gasteiger partial charge in [-0.25, -0.2) is 0 Å². The van der Waals surface area contributed by atoms with Crippen molar-refractivity contribution in [2.24, 2.45) is 0 Å². The van der Waals surface area contributed by atoms with Gasteiger partial charge < -0.3 is 9.32 Å². The van der Waals surface area contributed by atoms with Gasteiger partial charge in [0.15, 0.2) is 0 Å². The van der Waals surface area contributed by atoms with Crippen LogP contribution in [0.2, 0.25) is 0 Å². The zero-order valence-corrected chi connectivity index (χ0v) is 27.3. The van der Waals surface area contributed by atoms with E-state index in [2.05, 4.69) is 169 Å². The second-order valence-corrected chi connectivity index (χ2v) is 13.6. The van der Waals surface area contributed by atoms with E-state index >= 15 is 0 Å². The van der Waals surface area contributed by atoms with Gasteiger partial charge in [0.2, 0.25) is 0 Å². The SMILES string of the molecule is c1ccc(N(c2ccc(-c3ccc4ccccc4c3)cc2)c2ccc3oc4ccccc4c3c2)c(-c2cccc3c2sc2ccccc23)c1. The Kier molecular flexibility index (Phi) is 6.39. The molecule has 0 aliphatic rings. The zero-order valence-electron chi connectivity index (χ0n) is 26.5. The molecule has 0 spiro atoms. The molecular formula is C46H29NOS. The third-order valence-corrected chi connectivity index (χ3v) is 10.9. The maximum Gasteiger partial charge on any atom is 0.135 e. The molecule has 0 aliphatic heterocycles. The van der Waals surface area contributed by atoms with E-state index in [1.807, 2.05) is 23.5 Å². The Labute approximate surface area is 287 Å². The number of benzene rings is 8. The van der Waals surface area contributed by atoms with Crippen molar-refractivity contribution in [3.8, 4) is 22.3 Å². The maximum atomic E-state index is 6.25. The van der Waals surface area contributed by atoms with Gasteiger partial charge in [-0.3, -0.25) is 0 Å². The van der Waals surface area contributed by atoms with Crippen LogP contribution in [0.4, 0.5) is 17.1 Å². The molecule has 2 nitrogen and oxygen atoms in total. The van der Waals surface area contributed by atoms with Crippen LogP contribution in [-0.4, -0.2) is 0 Å². The summed E-state index contributed by atoms with van der Waals surface area (Å²) in [7, 11) is 0. The molecule has 0 saturated heterocycles. The highest BCUT2D eigenvalue weighted by atomic mass is 32.1. The quantitative estimate of drug-likeness (QED) is 0.186. The predicted octanol–water partition coefficient (Wildman–Crippen LogP) is 13.9. The van der Waals surface area contributed by atoms with Crippen molar-refractivity contribution in [1.82, 2.24) is 0 Å². The molecule has 0 unspecified atom stereocenters. The number of fused-ring (bicyclic) bond motifs is 7. The molecule has 0 fully saturated rings. The first-order chi connectivity index (χ1) is 24.3. The molecule has 0 amide bonds. The molecule has 10 aromatic rings. The number of furan rings is 1. The van der Waals surface area contributed by atoms with E-state index < -0.39 is 0 Å². The summed E-state index contributed by atoms with van der Waals surface area (Å²) < 4.78 is 8.86. The van der Waals surface area contributed by atoms with Crippen molar-refractivity contribution in [3.63, 3.8) is 0 Å². The van der Waals surface area contributed by atoms with Crippen LogP contribution in [0.5, 0.6) is 0 Å². The van der Waals surface area contributed by atoms with Crippen LogP contribution in [-0.2, 0) is 0 Å². The van der Waals surface area contributed by atoms with Gasteiger partial charge in [0.1, 0.15) is 11.2 Å². The van der Waals surface area contributed by atoms with Gasteiger partial charge in [0.25, 0.3) is 0 Å². The number of hydrogen-bond acceptors (Lipinski definition) is 3. The monoisotopic (exact) mass is 643 g/mol. The number of nitrogens with zero attached hydrogens (tertiary/aromatic N) is 1. The minimum absolute atomic E-state index is 0.889. The fraction of sp³-hybridized carbons (Fsp3) is 0. The molecule has 3 heteroatoms. The van der Waals surface area contributed by atoms with E-state index in [-0.39, 0.29) is 0 Å². The summed E-state index contributed by atoms with van der Waals surface area (Å²) in [6.45, 7) is 0. The maximum absolute atomic E-state index is 6.25. The summed E-state index contributed by atoms with van der Waals surface area (Å²) in [4.78, 5) is 2.40. The molecule has 49 heavy (non-hydrogen) atoms. The van der Waals surface area contributed by atoms with Crippen LogP contribution < -0.4 is 4.90 Å². The molecule has 0 radical (unpaired) electrons. The van der Waals surface area contributed by atoms with Crippen molar-refractivity contribution in [3.05, 3.63) is 176 Å². The van der Waals surface area contributed by atoms with Gasteiger partial charge in [0.05, 0.1) is 5.69 Å². The highest BCUT2D eigenvalue weighted by Gasteiger charge is 2.21. The number of anilines is 3. The highest BCUT2D eigenvalue weighted by Crippen LogP contribution is 2.46. The first-order valence-corrected chi connectivity index (χ1v) is 17.4. The fourth-order valence-corrected chi connectivity index (χ4v) is 8.54. The smallest absolute Gasteiger partial charge is 0.135 e. The Morgan fingerprint density at radius 1 is 0.408 bits per heavy atom. The van der Waals surface area contributed by atoms with Crippen LogP contribution in [0.15, 0.2) is 180 Å². The molecule has 0 bridgehead atoms. The van der Waals surface area contributed by atoms with Crippen molar-refractivity contribution in [1.29, 1.82) is 0 Å². The van der Waals surface area contributed by atoms with E-state index in [1.54, 1.807) is 0 Å². The lowest BCUT2D eigenvalue weighted by molar-refractivity contribution is 0.669. The Hall–Kier alpha value is -6.16. The first-order valence-electron chi connectivity index (χ1n) is 16.6. The minimum atomic E-state index is 0.889. The van der Waals surface area contributed by atoms with Gasteiger partial charge in [-0.15, -0.1) is 11.3 Å². The largest absolute Gasteiger partial charge is 0.456 e. The summed E-state index contributed by atoms with van der Waals surface area (Å²) in [6.07, 6.45) is 0. The average Bonchev–Trinajstić information content (AvgIpc) is 3.74. The van der Waals surface area contributed by atoms with Gasteiger partial charge in [-0.05, 0) is 76.5 Å². The normalized spacial score (nSPS) is 11.7. The summed E-state index contributed by atoms with van der Waals surface area (Å²) in [5.74, 6) is 0. The number of thiophene rings is 1. The summed E-state index contributed by atoms with van der Waals surface area (Å²) in [6, 6.07) is 63.3. The van der Waals surface area contributed by atoms with Crippen LogP contribution in [0.1, 0.15) is 0 Å². The van der Waals surface area contributed by atoms with Crippen molar-refractivity contribution in [2.75, 3.05) is 4.90 Å². The van der Waals surface area contributed by atoms with E-state index in [0.717, 1.165) is 39.0 Å². The predicted molar refractivity (Wildman–Crippen MR) is 210 cm³/mol. The number of rotatable bonds is 5. The van der Waals surface area contributed by atoms with Gasteiger partial charge in [-0.2, -0.15) is 0 Å². The van der Waals surface area contributed by atoms with E-state index in [4.69, 9.17) is 4.42 Å².